The molecule has 0 aromatic rings. The molecule has 4 fully saturated rings. The molecule has 1 aliphatic heterocycles. The van der Waals surface area contributed by atoms with Crippen LogP contribution in [-0.2, 0) is 4.74 Å². The number of hydrogen-bond donors (Lipinski definition) is 1. The Labute approximate surface area is 104 Å². The van der Waals surface area contributed by atoms with E-state index in [1.807, 2.05) is 0 Å². The van der Waals surface area contributed by atoms with Gasteiger partial charge in [-0.25, -0.2) is 0 Å². The first-order valence-electron chi connectivity index (χ1n) is 7.67. The maximum atomic E-state index is 5.79. The van der Waals surface area contributed by atoms with Gasteiger partial charge < -0.3 is 10.1 Å². The van der Waals surface area contributed by atoms with Crippen molar-refractivity contribution < 1.29 is 4.74 Å². The van der Waals surface area contributed by atoms with E-state index in [9.17, 15) is 0 Å². The van der Waals surface area contributed by atoms with Crippen LogP contribution in [0.15, 0.2) is 0 Å². The van der Waals surface area contributed by atoms with E-state index in [0.29, 0.717) is 5.41 Å². The van der Waals surface area contributed by atoms with Crippen molar-refractivity contribution in [2.24, 2.45) is 23.2 Å². The highest BCUT2D eigenvalue weighted by Crippen LogP contribution is 2.56. The van der Waals surface area contributed by atoms with Crippen LogP contribution >= 0.6 is 0 Å². The van der Waals surface area contributed by atoms with E-state index in [1.54, 1.807) is 0 Å². The summed E-state index contributed by atoms with van der Waals surface area (Å²) >= 11 is 0. The zero-order valence-corrected chi connectivity index (χ0v) is 10.8. The van der Waals surface area contributed by atoms with Gasteiger partial charge in [-0.15, -0.1) is 0 Å². The first-order chi connectivity index (χ1) is 8.36. The lowest BCUT2D eigenvalue weighted by molar-refractivity contribution is 0.0716. The smallest absolute Gasteiger partial charge is 0.0538 e. The predicted molar refractivity (Wildman–Crippen MR) is 67.8 cm³/mol. The second kappa shape index (κ2) is 3.96. The molecule has 1 N–H and O–H groups in total. The monoisotopic (exact) mass is 235 g/mol. The Morgan fingerprint density at radius 1 is 1.12 bits per heavy atom. The second-order valence-electron chi connectivity index (χ2n) is 7.10. The average molecular weight is 235 g/mol. The predicted octanol–water partition coefficient (Wildman–Crippen LogP) is 2.58. The fourth-order valence-electron chi connectivity index (χ4n) is 4.82. The average Bonchev–Trinajstić information content (AvgIpc) is 2.82. The molecule has 2 bridgehead atoms. The first kappa shape index (κ1) is 10.8. The Kier molecular flexibility index (Phi) is 2.52. The maximum absolute atomic E-state index is 5.79. The van der Waals surface area contributed by atoms with Gasteiger partial charge in [-0.2, -0.15) is 0 Å². The molecule has 4 rings (SSSR count). The summed E-state index contributed by atoms with van der Waals surface area (Å²) < 4.78 is 5.79. The lowest BCUT2D eigenvalue weighted by atomic mass is 9.67. The van der Waals surface area contributed by atoms with E-state index in [1.165, 1.54) is 51.5 Å². The molecule has 0 aromatic heterocycles. The zero-order valence-electron chi connectivity index (χ0n) is 10.8. The topological polar surface area (TPSA) is 21.3 Å². The van der Waals surface area contributed by atoms with Crippen LogP contribution in [0.1, 0.15) is 44.9 Å². The standard InChI is InChI=1S/C15H25NO/c1-2-12-7-11(1)8-14(12)15(5-6-17-10-15)9-16-13-3-4-13/h11-14,16H,1-10H2. The molecule has 96 valence electrons. The minimum absolute atomic E-state index is 0.516. The lowest BCUT2D eigenvalue weighted by Gasteiger charge is -2.39. The van der Waals surface area contributed by atoms with Crippen molar-refractivity contribution in [2.45, 2.75) is 51.0 Å². The van der Waals surface area contributed by atoms with Crippen LogP contribution in [0.25, 0.3) is 0 Å². The Hall–Kier alpha value is -0.0800. The number of ether oxygens (including phenoxy) is 1. The summed E-state index contributed by atoms with van der Waals surface area (Å²) in [6, 6.07) is 0.853. The Balaban J connectivity index is 1.49. The number of rotatable bonds is 4. The summed E-state index contributed by atoms with van der Waals surface area (Å²) in [5.74, 6) is 3.10. The molecule has 4 unspecified atom stereocenters. The number of fused-ring (bicyclic) bond motifs is 2. The number of hydrogen-bond acceptors (Lipinski definition) is 2. The first-order valence-corrected chi connectivity index (χ1v) is 7.67. The Morgan fingerprint density at radius 3 is 2.65 bits per heavy atom. The molecule has 0 radical (unpaired) electrons. The molecule has 0 spiro atoms. The van der Waals surface area contributed by atoms with Crippen molar-refractivity contribution in [3.8, 4) is 0 Å². The summed E-state index contributed by atoms with van der Waals surface area (Å²) in [6.07, 6.45) is 10.2. The van der Waals surface area contributed by atoms with E-state index >= 15 is 0 Å². The fourth-order valence-corrected chi connectivity index (χ4v) is 4.82. The highest BCUT2D eigenvalue weighted by atomic mass is 16.5. The van der Waals surface area contributed by atoms with Crippen molar-refractivity contribution in [3.63, 3.8) is 0 Å². The van der Waals surface area contributed by atoms with Crippen LogP contribution in [0.3, 0.4) is 0 Å². The van der Waals surface area contributed by atoms with Gasteiger partial charge in [-0.3, -0.25) is 0 Å². The summed E-state index contributed by atoms with van der Waals surface area (Å²) in [5.41, 5.74) is 0.516. The molecule has 0 aromatic carbocycles. The molecule has 1 saturated heterocycles. The SMILES string of the molecule is C1CC(CNC2CC2)(C2CC3CCC2C3)CO1. The molecule has 4 atom stereocenters. The van der Waals surface area contributed by atoms with Crippen molar-refractivity contribution in [2.75, 3.05) is 19.8 Å². The quantitative estimate of drug-likeness (QED) is 0.808. The fraction of sp³-hybridized carbons (Fsp3) is 1.00. The van der Waals surface area contributed by atoms with E-state index in [0.717, 1.165) is 37.0 Å². The van der Waals surface area contributed by atoms with E-state index in [2.05, 4.69) is 5.32 Å². The minimum Gasteiger partial charge on any atom is -0.381 e. The molecule has 4 aliphatic rings. The van der Waals surface area contributed by atoms with Gasteiger partial charge in [-0.05, 0) is 56.3 Å². The van der Waals surface area contributed by atoms with Gasteiger partial charge in [0.1, 0.15) is 0 Å². The third-order valence-corrected chi connectivity index (χ3v) is 5.98. The third-order valence-electron chi connectivity index (χ3n) is 5.98. The van der Waals surface area contributed by atoms with Gasteiger partial charge >= 0.3 is 0 Å². The van der Waals surface area contributed by atoms with Crippen LogP contribution in [0.4, 0.5) is 0 Å². The van der Waals surface area contributed by atoms with Gasteiger partial charge in [-0.1, -0.05) is 6.42 Å². The van der Waals surface area contributed by atoms with Crippen LogP contribution < -0.4 is 5.32 Å². The van der Waals surface area contributed by atoms with Crippen LogP contribution in [0.2, 0.25) is 0 Å². The van der Waals surface area contributed by atoms with Crippen molar-refractivity contribution in [1.82, 2.24) is 5.32 Å². The van der Waals surface area contributed by atoms with E-state index < -0.39 is 0 Å². The van der Waals surface area contributed by atoms with Crippen molar-refractivity contribution in [3.05, 3.63) is 0 Å². The summed E-state index contributed by atoms with van der Waals surface area (Å²) in [5, 5.41) is 3.80. The van der Waals surface area contributed by atoms with Crippen molar-refractivity contribution >= 4 is 0 Å². The van der Waals surface area contributed by atoms with Gasteiger partial charge in [0.05, 0.1) is 6.61 Å². The molecular weight excluding hydrogens is 210 g/mol. The second-order valence-corrected chi connectivity index (χ2v) is 7.10. The third kappa shape index (κ3) is 1.84. The Bertz CT molecular complexity index is 293. The molecule has 3 saturated carbocycles. The molecule has 2 nitrogen and oxygen atoms in total. The van der Waals surface area contributed by atoms with Gasteiger partial charge in [0.15, 0.2) is 0 Å². The number of nitrogens with one attached hydrogen (secondary N) is 1. The molecule has 2 heteroatoms. The molecular formula is C15H25NO. The van der Waals surface area contributed by atoms with Gasteiger partial charge in [0, 0.05) is 24.6 Å². The highest BCUT2D eigenvalue weighted by molar-refractivity contribution is 5.02. The Morgan fingerprint density at radius 2 is 2.06 bits per heavy atom. The molecule has 17 heavy (non-hydrogen) atoms. The van der Waals surface area contributed by atoms with Crippen molar-refractivity contribution in [1.29, 1.82) is 0 Å². The zero-order chi connectivity index (χ0) is 11.3. The highest BCUT2D eigenvalue weighted by Gasteiger charge is 2.52. The molecule has 0 amide bonds. The van der Waals surface area contributed by atoms with Crippen LogP contribution in [-0.4, -0.2) is 25.8 Å². The summed E-state index contributed by atoms with van der Waals surface area (Å²) in [4.78, 5) is 0. The van der Waals surface area contributed by atoms with Crippen LogP contribution in [0.5, 0.6) is 0 Å². The van der Waals surface area contributed by atoms with Gasteiger partial charge in [0.25, 0.3) is 0 Å². The van der Waals surface area contributed by atoms with E-state index in [-0.39, 0.29) is 0 Å². The largest absolute Gasteiger partial charge is 0.381 e. The minimum atomic E-state index is 0.516. The normalized spacial score (nSPS) is 49.1. The molecule has 1 heterocycles. The lowest BCUT2D eigenvalue weighted by Crippen LogP contribution is -2.43. The van der Waals surface area contributed by atoms with E-state index in [4.69, 9.17) is 4.74 Å². The maximum Gasteiger partial charge on any atom is 0.0538 e. The summed E-state index contributed by atoms with van der Waals surface area (Å²) in [6.45, 7) is 3.30. The van der Waals surface area contributed by atoms with Crippen LogP contribution in [0, 0.1) is 23.2 Å². The van der Waals surface area contributed by atoms with Gasteiger partial charge in [0.2, 0.25) is 0 Å². The summed E-state index contributed by atoms with van der Waals surface area (Å²) in [7, 11) is 0. The molecule has 3 aliphatic carbocycles.